The van der Waals surface area contributed by atoms with Gasteiger partial charge in [-0.05, 0) is 55.8 Å². The summed E-state index contributed by atoms with van der Waals surface area (Å²) in [4.78, 5) is 28.2. The number of benzene rings is 3. The van der Waals surface area contributed by atoms with Crippen LogP contribution in [0.25, 0.3) is 0 Å². The van der Waals surface area contributed by atoms with Crippen LogP contribution >= 0.6 is 0 Å². The molecule has 4 rings (SSSR count). The van der Waals surface area contributed by atoms with Gasteiger partial charge in [0.1, 0.15) is 0 Å². The van der Waals surface area contributed by atoms with Crippen molar-refractivity contribution in [1.82, 2.24) is 4.90 Å². The monoisotopic (exact) mass is 412 g/mol. The van der Waals surface area contributed by atoms with Crippen LogP contribution in [0.15, 0.2) is 78.9 Å². The van der Waals surface area contributed by atoms with Gasteiger partial charge in [-0.3, -0.25) is 14.5 Å². The highest BCUT2D eigenvalue weighted by atomic mass is 16.1. The predicted molar refractivity (Wildman–Crippen MR) is 124 cm³/mol. The number of ketones is 1. The first-order valence-corrected chi connectivity index (χ1v) is 11.0. The molecule has 1 amide bonds. The molecule has 1 fully saturated rings. The quantitative estimate of drug-likeness (QED) is 0.540. The first-order chi connectivity index (χ1) is 15.2. The summed E-state index contributed by atoms with van der Waals surface area (Å²) in [5, 5.41) is 2.92. The maximum absolute atomic E-state index is 12.9. The maximum atomic E-state index is 12.9. The van der Waals surface area contributed by atoms with Crippen molar-refractivity contribution in [3.63, 3.8) is 0 Å². The van der Waals surface area contributed by atoms with Crippen molar-refractivity contribution in [1.29, 1.82) is 0 Å². The normalized spacial score (nSPS) is 14.6. The lowest BCUT2D eigenvalue weighted by Gasteiger charge is -2.19. The van der Waals surface area contributed by atoms with Crippen LogP contribution in [0.3, 0.4) is 0 Å². The van der Waals surface area contributed by atoms with Crippen LogP contribution in [0.4, 0.5) is 5.69 Å². The third-order valence-corrected chi connectivity index (χ3v) is 5.78. The Labute approximate surface area is 183 Å². The second-order valence-corrected chi connectivity index (χ2v) is 8.08. The van der Waals surface area contributed by atoms with E-state index in [0.717, 1.165) is 19.6 Å². The topological polar surface area (TPSA) is 49.4 Å². The molecule has 1 saturated heterocycles. The number of hydrogen-bond acceptors (Lipinski definition) is 3. The SMILES string of the molecule is O=C(Nc1ccccc1C(=O)c1ccccc1)c1ccc(CN2CCCCCC2)cc1. The van der Waals surface area contributed by atoms with E-state index in [1.165, 1.54) is 31.2 Å². The van der Waals surface area contributed by atoms with Gasteiger partial charge in [0.2, 0.25) is 0 Å². The van der Waals surface area contributed by atoms with Gasteiger partial charge in [0, 0.05) is 23.2 Å². The van der Waals surface area contributed by atoms with E-state index in [9.17, 15) is 9.59 Å². The Morgan fingerprint density at radius 2 is 1.35 bits per heavy atom. The maximum Gasteiger partial charge on any atom is 0.255 e. The summed E-state index contributed by atoms with van der Waals surface area (Å²) in [5.74, 6) is -0.320. The van der Waals surface area contributed by atoms with Crippen molar-refractivity contribution in [3.8, 4) is 0 Å². The molecule has 4 heteroatoms. The van der Waals surface area contributed by atoms with Crippen molar-refractivity contribution >= 4 is 17.4 Å². The second-order valence-electron chi connectivity index (χ2n) is 8.08. The number of rotatable bonds is 6. The highest BCUT2D eigenvalue weighted by Gasteiger charge is 2.16. The van der Waals surface area contributed by atoms with Crippen LogP contribution in [0.1, 0.15) is 57.5 Å². The first kappa shape index (κ1) is 21.0. The summed E-state index contributed by atoms with van der Waals surface area (Å²) in [6.45, 7) is 3.22. The van der Waals surface area contributed by atoms with E-state index in [1.54, 1.807) is 24.3 Å². The molecule has 0 spiro atoms. The minimum absolute atomic E-state index is 0.107. The molecule has 31 heavy (non-hydrogen) atoms. The number of anilines is 1. The molecule has 4 nitrogen and oxygen atoms in total. The van der Waals surface area contributed by atoms with E-state index < -0.39 is 0 Å². The van der Waals surface area contributed by atoms with Crippen molar-refractivity contribution in [2.75, 3.05) is 18.4 Å². The molecule has 0 aromatic heterocycles. The van der Waals surface area contributed by atoms with Gasteiger partial charge in [0.25, 0.3) is 5.91 Å². The fourth-order valence-corrected chi connectivity index (χ4v) is 4.04. The van der Waals surface area contributed by atoms with Crippen molar-refractivity contribution < 1.29 is 9.59 Å². The summed E-state index contributed by atoms with van der Waals surface area (Å²) >= 11 is 0. The van der Waals surface area contributed by atoms with E-state index in [2.05, 4.69) is 10.2 Å². The van der Waals surface area contributed by atoms with Gasteiger partial charge in [-0.1, -0.05) is 67.4 Å². The molecule has 1 aliphatic heterocycles. The number of amides is 1. The van der Waals surface area contributed by atoms with Gasteiger partial charge < -0.3 is 5.32 Å². The van der Waals surface area contributed by atoms with E-state index in [4.69, 9.17) is 0 Å². The Morgan fingerprint density at radius 3 is 2.06 bits per heavy atom. The number of nitrogens with zero attached hydrogens (tertiary/aromatic N) is 1. The molecule has 1 heterocycles. The van der Waals surface area contributed by atoms with Gasteiger partial charge in [-0.25, -0.2) is 0 Å². The third kappa shape index (κ3) is 5.47. The lowest BCUT2D eigenvalue weighted by atomic mass is 10.0. The molecule has 0 unspecified atom stereocenters. The van der Waals surface area contributed by atoms with Gasteiger partial charge >= 0.3 is 0 Å². The Kier molecular flexibility index (Phi) is 6.90. The van der Waals surface area contributed by atoms with Crippen molar-refractivity contribution in [3.05, 3.63) is 101 Å². The fourth-order valence-electron chi connectivity index (χ4n) is 4.04. The smallest absolute Gasteiger partial charge is 0.255 e. The van der Waals surface area contributed by atoms with Gasteiger partial charge in [0.15, 0.2) is 5.78 Å². The molecule has 0 aliphatic carbocycles. The molecule has 0 radical (unpaired) electrons. The largest absolute Gasteiger partial charge is 0.321 e. The molecule has 1 aliphatic rings. The Hall–Kier alpha value is -3.24. The summed E-state index contributed by atoms with van der Waals surface area (Å²) < 4.78 is 0. The molecule has 0 atom stereocenters. The molecule has 158 valence electrons. The minimum Gasteiger partial charge on any atom is -0.321 e. The zero-order valence-electron chi connectivity index (χ0n) is 17.7. The fraction of sp³-hybridized carbons (Fsp3) is 0.259. The zero-order chi connectivity index (χ0) is 21.5. The average molecular weight is 413 g/mol. The molecule has 3 aromatic rings. The Morgan fingerprint density at radius 1 is 0.710 bits per heavy atom. The number of carbonyl (C=O) groups excluding carboxylic acids is 2. The lowest BCUT2D eigenvalue weighted by Crippen LogP contribution is -2.24. The summed E-state index contributed by atoms with van der Waals surface area (Å²) in [6.07, 6.45) is 5.18. The van der Waals surface area contributed by atoms with Crippen LogP contribution in [-0.4, -0.2) is 29.7 Å². The number of nitrogens with one attached hydrogen (secondary N) is 1. The molecule has 1 N–H and O–H groups in total. The standard InChI is InChI=1S/C27H28N2O2/c30-26(22-10-4-3-5-11-22)24-12-6-7-13-25(24)28-27(31)23-16-14-21(15-17-23)20-29-18-8-1-2-9-19-29/h3-7,10-17H,1-2,8-9,18-20H2,(H,28,31). The van der Waals surface area contributed by atoms with Crippen LogP contribution in [0, 0.1) is 0 Å². The van der Waals surface area contributed by atoms with E-state index in [0.29, 0.717) is 22.4 Å². The van der Waals surface area contributed by atoms with Crippen LogP contribution in [-0.2, 0) is 6.54 Å². The van der Waals surface area contributed by atoms with E-state index in [1.807, 2.05) is 54.6 Å². The average Bonchev–Trinajstić information content (AvgIpc) is 3.09. The first-order valence-electron chi connectivity index (χ1n) is 11.0. The number of likely N-dealkylation sites (tertiary alicyclic amines) is 1. The Bertz CT molecular complexity index is 1020. The molecule has 3 aromatic carbocycles. The Balaban J connectivity index is 1.44. The molecule has 0 bridgehead atoms. The van der Waals surface area contributed by atoms with Crippen LogP contribution in [0.5, 0.6) is 0 Å². The number of carbonyl (C=O) groups is 2. The van der Waals surface area contributed by atoms with E-state index >= 15 is 0 Å². The summed E-state index contributed by atoms with van der Waals surface area (Å²) in [6, 6.07) is 24.0. The summed E-state index contributed by atoms with van der Waals surface area (Å²) in [7, 11) is 0. The van der Waals surface area contributed by atoms with Gasteiger partial charge in [-0.15, -0.1) is 0 Å². The minimum atomic E-state index is -0.213. The molecule has 0 saturated carbocycles. The second kappa shape index (κ2) is 10.2. The van der Waals surface area contributed by atoms with Gasteiger partial charge in [-0.2, -0.15) is 0 Å². The lowest BCUT2D eigenvalue weighted by molar-refractivity contribution is 0.102. The van der Waals surface area contributed by atoms with E-state index in [-0.39, 0.29) is 11.7 Å². The zero-order valence-corrected chi connectivity index (χ0v) is 17.7. The predicted octanol–water partition coefficient (Wildman–Crippen LogP) is 5.55. The highest BCUT2D eigenvalue weighted by molar-refractivity contribution is 6.15. The third-order valence-electron chi connectivity index (χ3n) is 5.78. The van der Waals surface area contributed by atoms with Crippen molar-refractivity contribution in [2.24, 2.45) is 0 Å². The number of para-hydroxylation sites is 1. The van der Waals surface area contributed by atoms with Crippen molar-refractivity contribution in [2.45, 2.75) is 32.2 Å². The number of hydrogen-bond donors (Lipinski definition) is 1. The molecular formula is C27H28N2O2. The van der Waals surface area contributed by atoms with Gasteiger partial charge in [0.05, 0.1) is 5.69 Å². The summed E-state index contributed by atoms with van der Waals surface area (Å²) in [5.41, 5.74) is 3.41. The molecular weight excluding hydrogens is 384 g/mol. The van der Waals surface area contributed by atoms with Crippen LogP contribution in [0.2, 0.25) is 0 Å². The highest BCUT2D eigenvalue weighted by Crippen LogP contribution is 2.21. The van der Waals surface area contributed by atoms with Crippen LogP contribution < -0.4 is 5.32 Å².